The standard InChI is InChI=1S/C23H22FNO/c1-5-6-19(11-15(2)3)21-13-18(12-17-7-9-20(24)10-8-17)14-22-23(21)26-16(4)25-22/h5-11,13-14H,2,12H2,1,3-4H3/b6-5-,19-11+. The van der Waals surface area contributed by atoms with Crippen molar-refractivity contribution in [1.82, 2.24) is 4.98 Å². The molecule has 0 spiro atoms. The van der Waals surface area contributed by atoms with E-state index in [4.69, 9.17) is 4.42 Å². The number of rotatable bonds is 5. The molecule has 0 bridgehead atoms. The first kappa shape index (κ1) is 17.9. The molecule has 1 aromatic heterocycles. The van der Waals surface area contributed by atoms with E-state index in [1.54, 1.807) is 0 Å². The van der Waals surface area contributed by atoms with Gasteiger partial charge in [-0.05, 0) is 61.2 Å². The number of aryl methyl sites for hydroxylation is 1. The maximum Gasteiger partial charge on any atom is 0.192 e. The fourth-order valence-corrected chi connectivity index (χ4v) is 3.02. The molecular formula is C23H22FNO. The van der Waals surface area contributed by atoms with Gasteiger partial charge in [-0.3, -0.25) is 0 Å². The van der Waals surface area contributed by atoms with Crippen LogP contribution in [0, 0.1) is 12.7 Å². The van der Waals surface area contributed by atoms with Gasteiger partial charge in [0, 0.05) is 12.5 Å². The zero-order chi connectivity index (χ0) is 18.7. The highest BCUT2D eigenvalue weighted by Gasteiger charge is 2.13. The number of allylic oxidation sites excluding steroid dienone is 5. The molecule has 3 rings (SSSR count). The van der Waals surface area contributed by atoms with E-state index in [9.17, 15) is 4.39 Å². The molecule has 0 amide bonds. The van der Waals surface area contributed by atoms with Crippen LogP contribution in [0.3, 0.4) is 0 Å². The number of hydrogen-bond donors (Lipinski definition) is 0. The van der Waals surface area contributed by atoms with Crippen LogP contribution in [0.2, 0.25) is 0 Å². The lowest BCUT2D eigenvalue weighted by atomic mass is 9.96. The molecule has 3 heteroatoms. The monoisotopic (exact) mass is 347 g/mol. The van der Waals surface area contributed by atoms with Crippen LogP contribution in [0.1, 0.15) is 36.4 Å². The zero-order valence-corrected chi connectivity index (χ0v) is 15.3. The molecule has 0 N–H and O–H groups in total. The van der Waals surface area contributed by atoms with E-state index in [0.29, 0.717) is 12.3 Å². The average Bonchev–Trinajstić information content (AvgIpc) is 2.95. The van der Waals surface area contributed by atoms with Crippen LogP contribution in [0.25, 0.3) is 16.7 Å². The van der Waals surface area contributed by atoms with Crippen molar-refractivity contribution in [1.29, 1.82) is 0 Å². The third kappa shape index (κ3) is 3.99. The minimum atomic E-state index is -0.225. The topological polar surface area (TPSA) is 26.0 Å². The Morgan fingerprint density at radius 3 is 2.58 bits per heavy atom. The summed E-state index contributed by atoms with van der Waals surface area (Å²) >= 11 is 0. The second kappa shape index (κ2) is 7.52. The number of hydrogen-bond acceptors (Lipinski definition) is 2. The molecule has 26 heavy (non-hydrogen) atoms. The van der Waals surface area contributed by atoms with Crippen LogP contribution < -0.4 is 0 Å². The Kier molecular flexibility index (Phi) is 5.17. The summed E-state index contributed by atoms with van der Waals surface area (Å²) in [6.45, 7) is 9.79. The van der Waals surface area contributed by atoms with Gasteiger partial charge in [0.1, 0.15) is 11.3 Å². The van der Waals surface area contributed by atoms with Crippen molar-refractivity contribution >= 4 is 16.7 Å². The number of nitrogens with zero attached hydrogens (tertiary/aromatic N) is 1. The highest BCUT2D eigenvalue weighted by Crippen LogP contribution is 2.30. The SMILES string of the molecule is C=C(C)/C=C(\C=C/C)c1cc(Cc2ccc(F)cc2)cc2nc(C)oc12. The quantitative estimate of drug-likeness (QED) is 0.499. The van der Waals surface area contributed by atoms with Crippen molar-refractivity contribution in [2.45, 2.75) is 27.2 Å². The van der Waals surface area contributed by atoms with Gasteiger partial charge in [-0.25, -0.2) is 9.37 Å². The molecule has 2 nitrogen and oxygen atoms in total. The second-order valence-electron chi connectivity index (χ2n) is 6.47. The molecule has 0 radical (unpaired) electrons. The Bertz CT molecular complexity index is 1010. The molecule has 3 aromatic rings. The Morgan fingerprint density at radius 1 is 1.19 bits per heavy atom. The molecule has 2 aromatic carbocycles. The van der Waals surface area contributed by atoms with E-state index < -0.39 is 0 Å². The van der Waals surface area contributed by atoms with Gasteiger partial charge in [0.05, 0.1) is 0 Å². The normalized spacial score (nSPS) is 12.2. The maximum atomic E-state index is 13.2. The van der Waals surface area contributed by atoms with Crippen molar-refractivity contribution < 1.29 is 8.81 Å². The molecule has 0 aliphatic heterocycles. The van der Waals surface area contributed by atoms with E-state index in [-0.39, 0.29) is 5.82 Å². The minimum absolute atomic E-state index is 0.225. The molecule has 0 saturated carbocycles. The summed E-state index contributed by atoms with van der Waals surface area (Å²) in [4.78, 5) is 4.51. The summed E-state index contributed by atoms with van der Waals surface area (Å²) in [5, 5.41) is 0. The number of fused-ring (bicyclic) bond motifs is 1. The lowest BCUT2D eigenvalue weighted by molar-refractivity contribution is 0.560. The zero-order valence-electron chi connectivity index (χ0n) is 15.3. The maximum absolute atomic E-state index is 13.2. The van der Waals surface area contributed by atoms with Gasteiger partial charge in [0.15, 0.2) is 11.5 Å². The highest BCUT2D eigenvalue weighted by molar-refractivity contribution is 5.92. The van der Waals surface area contributed by atoms with E-state index in [1.165, 1.54) is 12.1 Å². The average molecular weight is 347 g/mol. The summed E-state index contributed by atoms with van der Waals surface area (Å²) < 4.78 is 19.0. The smallest absolute Gasteiger partial charge is 0.192 e. The van der Waals surface area contributed by atoms with Gasteiger partial charge >= 0.3 is 0 Å². The van der Waals surface area contributed by atoms with Gasteiger partial charge in [-0.15, -0.1) is 0 Å². The fourth-order valence-electron chi connectivity index (χ4n) is 3.02. The fraction of sp³-hybridized carbons (Fsp3) is 0.174. The first-order valence-electron chi connectivity index (χ1n) is 8.61. The molecule has 1 heterocycles. The minimum Gasteiger partial charge on any atom is -0.440 e. The van der Waals surface area contributed by atoms with Crippen molar-refractivity contribution in [3.8, 4) is 0 Å². The van der Waals surface area contributed by atoms with Crippen LogP contribution in [0.4, 0.5) is 4.39 Å². The molecule has 0 unspecified atom stereocenters. The Morgan fingerprint density at radius 2 is 1.92 bits per heavy atom. The van der Waals surface area contributed by atoms with Gasteiger partial charge in [0.25, 0.3) is 0 Å². The van der Waals surface area contributed by atoms with E-state index >= 15 is 0 Å². The molecule has 0 atom stereocenters. The first-order chi connectivity index (χ1) is 12.5. The van der Waals surface area contributed by atoms with Gasteiger partial charge in [0.2, 0.25) is 0 Å². The summed E-state index contributed by atoms with van der Waals surface area (Å²) in [5.74, 6) is 0.409. The summed E-state index contributed by atoms with van der Waals surface area (Å²) in [6, 6.07) is 10.7. The Balaban J connectivity index is 2.14. The van der Waals surface area contributed by atoms with Crippen molar-refractivity contribution in [3.63, 3.8) is 0 Å². The van der Waals surface area contributed by atoms with Gasteiger partial charge in [-0.1, -0.05) is 42.5 Å². The lowest BCUT2D eigenvalue weighted by Gasteiger charge is -2.08. The van der Waals surface area contributed by atoms with Crippen molar-refractivity contribution in [2.75, 3.05) is 0 Å². The first-order valence-corrected chi connectivity index (χ1v) is 8.61. The Hall–Kier alpha value is -2.94. The molecule has 0 saturated heterocycles. The third-order valence-electron chi connectivity index (χ3n) is 4.04. The molecular weight excluding hydrogens is 325 g/mol. The largest absolute Gasteiger partial charge is 0.440 e. The van der Waals surface area contributed by atoms with Gasteiger partial charge in [-0.2, -0.15) is 0 Å². The molecule has 0 fully saturated rings. The molecule has 0 aliphatic rings. The van der Waals surface area contributed by atoms with Crippen LogP contribution in [0.15, 0.2) is 71.2 Å². The van der Waals surface area contributed by atoms with E-state index in [1.807, 2.05) is 57.2 Å². The van der Waals surface area contributed by atoms with Crippen LogP contribution in [-0.4, -0.2) is 4.98 Å². The van der Waals surface area contributed by atoms with Crippen LogP contribution >= 0.6 is 0 Å². The molecule has 0 aliphatic carbocycles. The summed E-state index contributed by atoms with van der Waals surface area (Å²) in [7, 11) is 0. The highest BCUT2D eigenvalue weighted by atomic mass is 19.1. The summed E-state index contributed by atoms with van der Waals surface area (Å²) in [6.07, 6.45) is 6.78. The number of benzene rings is 2. The molecule has 132 valence electrons. The van der Waals surface area contributed by atoms with Crippen LogP contribution in [-0.2, 0) is 6.42 Å². The van der Waals surface area contributed by atoms with Crippen LogP contribution in [0.5, 0.6) is 0 Å². The van der Waals surface area contributed by atoms with Gasteiger partial charge < -0.3 is 4.42 Å². The second-order valence-corrected chi connectivity index (χ2v) is 6.47. The number of halogens is 1. The third-order valence-corrected chi connectivity index (χ3v) is 4.04. The lowest BCUT2D eigenvalue weighted by Crippen LogP contribution is -1.92. The predicted molar refractivity (Wildman–Crippen MR) is 106 cm³/mol. The predicted octanol–water partition coefficient (Wildman–Crippen LogP) is 6.40. The Labute approximate surface area is 153 Å². The summed E-state index contributed by atoms with van der Waals surface area (Å²) in [5.41, 5.74) is 6.73. The van der Waals surface area contributed by atoms with E-state index in [0.717, 1.165) is 38.9 Å². The number of oxazole rings is 1. The van der Waals surface area contributed by atoms with E-state index in [2.05, 4.69) is 17.6 Å². The van der Waals surface area contributed by atoms with Crippen molar-refractivity contribution in [3.05, 3.63) is 95.2 Å². The number of aromatic nitrogens is 1. The van der Waals surface area contributed by atoms with Crippen molar-refractivity contribution in [2.24, 2.45) is 0 Å².